The first-order valence-electron chi connectivity index (χ1n) is 9.11. The highest BCUT2D eigenvalue weighted by Crippen LogP contribution is 2.38. The molecular formula is C21H20BrClN2O4S. The average molecular weight is 512 g/mol. The molecule has 0 unspecified atom stereocenters. The van der Waals surface area contributed by atoms with Gasteiger partial charge in [-0.1, -0.05) is 30.3 Å². The van der Waals surface area contributed by atoms with E-state index in [4.69, 9.17) is 9.15 Å². The molecule has 1 aromatic carbocycles. The Morgan fingerprint density at radius 3 is 2.67 bits per heavy atom. The van der Waals surface area contributed by atoms with E-state index in [1.54, 1.807) is 12.1 Å². The molecule has 1 amide bonds. The van der Waals surface area contributed by atoms with Crippen LogP contribution in [0, 0.1) is 0 Å². The highest BCUT2D eigenvalue weighted by Gasteiger charge is 2.29. The Morgan fingerprint density at radius 1 is 1.23 bits per heavy atom. The number of benzene rings is 1. The Labute approximate surface area is 192 Å². The molecular weight excluding hydrogens is 492 g/mol. The molecule has 1 aliphatic rings. The van der Waals surface area contributed by atoms with E-state index in [9.17, 15) is 9.59 Å². The van der Waals surface area contributed by atoms with Crippen LogP contribution >= 0.6 is 39.7 Å². The number of carbonyl (C=O) groups excluding carboxylic acids is 2. The third-order valence-electron chi connectivity index (χ3n) is 4.80. The first-order valence-corrected chi connectivity index (χ1v) is 10.7. The zero-order chi connectivity index (χ0) is 20.4. The van der Waals surface area contributed by atoms with Gasteiger partial charge in [-0.05, 0) is 45.6 Å². The van der Waals surface area contributed by atoms with E-state index in [-0.39, 0.29) is 18.2 Å². The molecule has 0 radical (unpaired) electrons. The average Bonchev–Trinajstić information content (AvgIpc) is 3.31. The minimum atomic E-state index is -0.435. The fourth-order valence-corrected chi connectivity index (χ4v) is 5.02. The van der Waals surface area contributed by atoms with Gasteiger partial charge in [0.15, 0.2) is 10.4 Å². The number of hydrogen-bond donors (Lipinski definition) is 1. The predicted octanol–water partition coefficient (Wildman–Crippen LogP) is 5.12. The lowest BCUT2D eigenvalue weighted by Crippen LogP contribution is -2.29. The quantitative estimate of drug-likeness (QED) is 0.481. The van der Waals surface area contributed by atoms with Crippen molar-refractivity contribution >= 4 is 56.6 Å². The summed E-state index contributed by atoms with van der Waals surface area (Å²) in [6, 6.07) is 13.5. The number of fused-ring (bicyclic) bond motifs is 1. The summed E-state index contributed by atoms with van der Waals surface area (Å²) in [4.78, 5) is 28.4. The standard InChI is InChI=1S/C21H19BrN2O4S.ClH/c1-27-21(26)18-14-9-10-24(11-13-5-3-2-4-6-13)12-16(14)29-20(18)23-19(25)15-7-8-17(22)28-15;/h2-8H,9-12H2,1H3,(H,23,25);1H. The van der Waals surface area contributed by atoms with E-state index < -0.39 is 11.9 Å². The van der Waals surface area contributed by atoms with Gasteiger partial charge in [0.05, 0.1) is 12.7 Å². The van der Waals surface area contributed by atoms with Crippen LogP contribution in [-0.4, -0.2) is 30.4 Å². The lowest BCUT2D eigenvalue weighted by Gasteiger charge is -2.27. The van der Waals surface area contributed by atoms with Crippen LogP contribution in [0.15, 0.2) is 51.6 Å². The number of nitrogens with one attached hydrogen (secondary N) is 1. The van der Waals surface area contributed by atoms with E-state index in [0.29, 0.717) is 15.2 Å². The van der Waals surface area contributed by atoms with Crippen LogP contribution in [-0.2, 0) is 24.2 Å². The summed E-state index contributed by atoms with van der Waals surface area (Å²) in [7, 11) is 1.35. The van der Waals surface area contributed by atoms with Gasteiger partial charge in [-0.3, -0.25) is 9.69 Å². The van der Waals surface area contributed by atoms with Crippen molar-refractivity contribution in [2.24, 2.45) is 0 Å². The summed E-state index contributed by atoms with van der Waals surface area (Å²) in [5, 5.41) is 3.32. The lowest BCUT2D eigenvalue weighted by atomic mass is 10.0. The molecule has 1 aliphatic heterocycles. The number of halogens is 2. The molecule has 3 heterocycles. The van der Waals surface area contributed by atoms with E-state index in [1.165, 1.54) is 24.0 Å². The van der Waals surface area contributed by atoms with Crippen LogP contribution in [0.25, 0.3) is 0 Å². The second kappa shape index (κ2) is 9.78. The molecule has 0 atom stereocenters. The van der Waals surface area contributed by atoms with Crippen LogP contribution in [0.5, 0.6) is 0 Å². The number of carbonyl (C=O) groups is 2. The summed E-state index contributed by atoms with van der Waals surface area (Å²) in [5.41, 5.74) is 2.66. The van der Waals surface area contributed by atoms with Crippen LogP contribution in [0.4, 0.5) is 5.00 Å². The number of hydrogen-bond acceptors (Lipinski definition) is 6. The van der Waals surface area contributed by atoms with Crippen LogP contribution in [0.2, 0.25) is 0 Å². The Bertz CT molecular complexity index is 1050. The summed E-state index contributed by atoms with van der Waals surface area (Å²) in [6.07, 6.45) is 0.727. The maximum absolute atomic E-state index is 12.5. The maximum Gasteiger partial charge on any atom is 0.341 e. The number of methoxy groups -OCH3 is 1. The van der Waals surface area contributed by atoms with Crippen molar-refractivity contribution < 1.29 is 18.7 Å². The minimum absolute atomic E-state index is 0. The van der Waals surface area contributed by atoms with Gasteiger partial charge in [0, 0.05) is 24.5 Å². The molecule has 0 saturated heterocycles. The first kappa shape index (κ1) is 22.6. The second-order valence-electron chi connectivity index (χ2n) is 6.70. The second-order valence-corrected chi connectivity index (χ2v) is 8.59. The zero-order valence-electron chi connectivity index (χ0n) is 16.1. The highest BCUT2D eigenvalue weighted by molar-refractivity contribution is 9.10. The van der Waals surface area contributed by atoms with Gasteiger partial charge in [0.25, 0.3) is 5.91 Å². The summed E-state index contributed by atoms with van der Waals surface area (Å²) < 4.78 is 10.8. The molecule has 2 aromatic heterocycles. The van der Waals surface area contributed by atoms with Crippen molar-refractivity contribution in [1.29, 1.82) is 0 Å². The van der Waals surface area contributed by atoms with Crippen LogP contribution < -0.4 is 5.32 Å². The van der Waals surface area contributed by atoms with E-state index >= 15 is 0 Å². The van der Waals surface area contributed by atoms with Crippen molar-refractivity contribution in [2.75, 3.05) is 19.0 Å². The largest absolute Gasteiger partial charge is 0.465 e. The van der Waals surface area contributed by atoms with Gasteiger partial charge in [-0.15, -0.1) is 23.7 Å². The Balaban J connectivity index is 0.00000256. The maximum atomic E-state index is 12.5. The molecule has 30 heavy (non-hydrogen) atoms. The molecule has 3 aromatic rings. The SMILES string of the molecule is COC(=O)c1c(NC(=O)c2ccc(Br)o2)sc2c1CCN(Cc1ccccc1)C2.Cl. The number of nitrogens with zero attached hydrogens (tertiary/aromatic N) is 1. The fourth-order valence-electron chi connectivity index (χ4n) is 3.44. The smallest absolute Gasteiger partial charge is 0.341 e. The first-order chi connectivity index (χ1) is 14.0. The van der Waals surface area contributed by atoms with E-state index in [0.717, 1.165) is 36.5 Å². The van der Waals surface area contributed by atoms with Crippen molar-refractivity contribution in [2.45, 2.75) is 19.5 Å². The molecule has 0 aliphatic carbocycles. The molecule has 6 nitrogen and oxygen atoms in total. The summed E-state index contributed by atoms with van der Waals surface area (Å²) in [6.45, 7) is 2.40. The number of ether oxygens (including phenoxy) is 1. The topological polar surface area (TPSA) is 71.8 Å². The number of furan rings is 1. The van der Waals surface area contributed by atoms with Gasteiger partial charge in [0.2, 0.25) is 0 Å². The molecule has 4 rings (SSSR count). The zero-order valence-corrected chi connectivity index (χ0v) is 19.4. The molecule has 9 heteroatoms. The Morgan fingerprint density at radius 2 is 2.00 bits per heavy atom. The normalized spacial score (nSPS) is 13.3. The van der Waals surface area contributed by atoms with Crippen molar-refractivity contribution in [3.63, 3.8) is 0 Å². The fraction of sp³-hybridized carbons (Fsp3) is 0.238. The summed E-state index contributed by atoms with van der Waals surface area (Å²) in [5.74, 6) is -0.666. The molecule has 0 saturated carbocycles. The summed E-state index contributed by atoms with van der Waals surface area (Å²) >= 11 is 4.61. The number of rotatable bonds is 5. The highest BCUT2D eigenvalue weighted by atomic mass is 79.9. The monoisotopic (exact) mass is 510 g/mol. The minimum Gasteiger partial charge on any atom is -0.465 e. The van der Waals surface area contributed by atoms with E-state index in [2.05, 4.69) is 38.3 Å². The Hall–Kier alpha value is -2.13. The van der Waals surface area contributed by atoms with Gasteiger partial charge in [0.1, 0.15) is 5.00 Å². The van der Waals surface area contributed by atoms with Crippen LogP contribution in [0.3, 0.4) is 0 Å². The van der Waals surface area contributed by atoms with Gasteiger partial charge < -0.3 is 14.5 Å². The third kappa shape index (κ3) is 4.78. The number of amides is 1. The molecule has 158 valence electrons. The number of anilines is 1. The van der Waals surface area contributed by atoms with Crippen LogP contribution in [0.1, 0.15) is 36.9 Å². The molecule has 0 spiro atoms. The number of thiophene rings is 1. The van der Waals surface area contributed by atoms with Crippen molar-refractivity contribution in [1.82, 2.24) is 4.90 Å². The lowest BCUT2D eigenvalue weighted by molar-refractivity contribution is 0.0600. The number of esters is 1. The predicted molar refractivity (Wildman–Crippen MR) is 122 cm³/mol. The van der Waals surface area contributed by atoms with Crippen molar-refractivity contribution in [3.8, 4) is 0 Å². The molecule has 0 fully saturated rings. The van der Waals surface area contributed by atoms with Crippen molar-refractivity contribution in [3.05, 3.63) is 74.5 Å². The van der Waals surface area contributed by atoms with Gasteiger partial charge in [-0.2, -0.15) is 0 Å². The third-order valence-corrected chi connectivity index (χ3v) is 6.36. The van der Waals surface area contributed by atoms with Gasteiger partial charge >= 0.3 is 5.97 Å². The molecule has 1 N–H and O–H groups in total. The molecule has 0 bridgehead atoms. The van der Waals surface area contributed by atoms with Gasteiger partial charge in [-0.25, -0.2) is 4.79 Å². The Kier molecular flexibility index (Phi) is 7.36. The van der Waals surface area contributed by atoms with E-state index in [1.807, 2.05) is 18.2 Å².